The van der Waals surface area contributed by atoms with E-state index in [1.54, 1.807) is 0 Å². The molecular weight excluding hydrogens is 340 g/mol. The molecular formula is C17H40O3SSi2. The Bertz CT molecular complexity index is 285. The molecule has 3 nitrogen and oxygen atoms in total. The molecule has 0 amide bonds. The summed E-state index contributed by atoms with van der Waals surface area (Å²) in [6.45, 7) is 20.7. The minimum atomic E-state index is -2.52. The third-order valence-electron chi connectivity index (χ3n) is 4.26. The van der Waals surface area contributed by atoms with E-state index in [9.17, 15) is 0 Å². The van der Waals surface area contributed by atoms with Crippen molar-refractivity contribution in [3.8, 4) is 0 Å². The standard InChI is InChI=1S/C17H40O3SSi2/c1-9-12-18-23(19-13-10-2,20-14-11-3)16-15-21-22(7,8)17(4,5)6/h9-16H2,1-8H3. The quantitative estimate of drug-likeness (QED) is 0.369. The van der Waals surface area contributed by atoms with Crippen molar-refractivity contribution in [2.45, 2.75) is 85.0 Å². The van der Waals surface area contributed by atoms with Gasteiger partial charge in [0.2, 0.25) is 0 Å². The van der Waals surface area contributed by atoms with Crippen molar-refractivity contribution in [1.29, 1.82) is 0 Å². The van der Waals surface area contributed by atoms with Crippen LogP contribution in [-0.4, -0.2) is 41.6 Å². The van der Waals surface area contributed by atoms with E-state index in [4.69, 9.17) is 13.3 Å². The molecule has 0 fully saturated rings. The molecule has 0 aliphatic heterocycles. The minimum Gasteiger partial charge on any atom is -0.373 e. The zero-order chi connectivity index (χ0) is 18.0. The molecule has 0 bridgehead atoms. The summed E-state index contributed by atoms with van der Waals surface area (Å²) in [5.41, 5.74) is 0. The largest absolute Gasteiger partial charge is 0.501 e. The third kappa shape index (κ3) is 9.07. The monoisotopic (exact) mass is 380 g/mol. The summed E-state index contributed by atoms with van der Waals surface area (Å²) in [6, 6.07) is 0.935. The van der Waals surface area contributed by atoms with Crippen molar-refractivity contribution in [1.82, 2.24) is 0 Å². The van der Waals surface area contributed by atoms with Gasteiger partial charge in [0.15, 0.2) is 0 Å². The highest BCUT2D eigenvalue weighted by Crippen LogP contribution is 2.43. The van der Waals surface area contributed by atoms with Crippen molar-refractivity contribution >= 4 is 27.2 Å². The van der Waals surface area contributed by atoms with Gasteiger partial charge in [0.25, 0.3) is 0 Å². The summed E-state index contributed by atoms with van der Waals surface area (Å²) in [4.78, 5) is 0. The van der Waals surface area contributed by atoms with Crippen LogP contribution in [0.2, 0.25) is 24.2 Å². The van der Waals surface area contributed by atoms with Crippen LogP contribution >= 0.6 is 11.2 Å². The van der Waals surface area contributed by atoms with Gasteiger partial charge in [-0.2, -0.15) is 11.2 Å². The van der Waals surface area contributed by atoms with Gasteiger partial charge < -0.3 is 13.3 Å². The topological polar surface area (TPSA) is 27.7 Å². The molecule has 0 aliphatic carbocycles. The van der Waals surface area contributed by atoms with E-state index in [1.165, 1.54) is 0 Å². The van der Waals surface area contributed by atoms with Gasteiger partial charge in [-0.25, -0.2) is 0 Å². The van der Waals surface area contributed by atoms with Crippen LogP contribution in [0.15, 0.2) is 0 Å². The van der Waals surface area contributed by atoms with Gasteiger partial charge in [-0.05, 0) is 30.1 Å². The average Bonchev–Trinajstić information content (AvgIpc) is 2.47. The van der Waals surface area contributed by atoms with Gasteiger partial charge in [0.05, 0.1) is 0 Å². The lowest BCUT2D eigenvalue weighted by atomic mass is 10.2. The van der Waals surface area contributed by atoms with E-state index in [2.05, 4.69) is 65.8 Å². The Labute approximate surface area is 151 Å². The van der Waals surface area contributed by atoms with E-state index < -0.39 is 16.0 Å². The fraction of sp³-hybridized carbons (Fsp3) is 1.00. The second-order valence-electron chi connectivity index (χ2n) is 7.59. The summed E-state index contributed by atoms with van der Waals surface area (Å²) in [6.07, 6.45) is 3.03. The Morgan fingerprint density at radius 3 is 1.48 bits per heavy atom. The van der Waals surface area contributed by atoms with Crippen molar-refractivity contribution in [3.05, 3.63) is 0 Å². The van der Waals surface area contributed by atoms with Gasteiger partial charge in [-0.15, -0.1) is 0 Å². The first-order valence-electron chi connectivity index (χ1n) is 9.20. The van der Waals surface area contributed by atoms with Crippen LogP contribution in [-0.2, 0) is 13.3 Å². The molecule has 0 aromatic carbocycles. The third-order valence-corrected chi connectivity index (χ3v) is 16.8. The SMILES string of the molecule is CCCO[Si](CCS[Si](C)(C)C(C)(C)C)(OCCC)OCCC. The predicted octanol–water partition coefficient (Wildman–Crippen LogP) is 5.94. The van der Waals surface area contributed by atoms with Crippen LogP contribution in [0, 0.1) is 0 Å². The van der Waals surface area contributed by atoms with Crippen LogP contribution < -0.4 is 0 Å². The molecule has 0 N–H and O–H groups in total. The summed E-state index contributed by atoms with van der Waals surface area (Å²) in [7, 11) is -3.84. The van der Waals surface area contributed by atoms with Crippen molar-refractivity contribution in [2.75, 3.05) is 25.6 Å². The van der Waals surface area contributed by atoms with Crippen molar-refractivity contribution in [2.24, 2.45) is 0 Å². The zero-order valence-electron chi connectivity index (χ0n) is 16.8. The lowest BCUT2D eigenvalue weighted by Crippen LogP contribution is -2.47. The van der Waals surface area contributed by atoms with Gasteiger partial charge in [-0.3, -0.25) is 0 Å². The molecule has 23 heavy (non-hydrogen) atoms. The Balaban J connectivity index is 4.82. The zero-order valence-corrected chi connectivity index (χ0v) is 19.6. The van der Waals surface area contributed by atoms with Crippen LogP contribution in [0.1, 0.15) is 60.8 Å². The van der Waals surface area contributed by atoms with E-state index in [-0.39, 0.29) is 0 Å². The van der Waals surface area contributed by atoms with Gasteiger partial charge >= 0.3 is 8.80 Å². The molecule has 0 heterocycles. The number of hydrogen-bond acceptors (Lipinski definition) is 4. The Kier molecular flexibility index (Phi) is 11.6. The first-order chi connectivity index (χ1) is 10.6. The molecule has 0 saturated heterocycles. The fourth-order valence-corrected chi connectivity index (χ4v) is 10.1. The van der Waals surface area contributed by atoms with Crippen molar-refractivity contribution < 1.29 is 13.3 Å². The summed E-state index contributed by atoms with van der Waals surface area (Å²) in [5, 5.41) is 0.403. The summed E-state index contributed by atoms with van der Waals surface area (Å²) < 4.78 is 18.5. The van der Waals surface area contributed by atoms with Crippen LogP contribution in [0.25, 0.3) is 0 Å². The van der Waals surface area contributed by atoms with Gasteiger partial charge in [-0.1, -0.05) is 54.6 Å². The van der Waals surface area contributed by atoms with Crippen molar-refractivity contribution in [3.63, 3.8) is 0 Å². The average molecular weight is 381 g/mol. The second-order valence-corrected chi connectivity index (χ2v) is 19.5. The molecule has 0 saturated carbocycles. The van der Waals surface area contributed by atoms with Crippen LogP contribution in [0.3, 0.4) is 0 Å². The Hall–Kier alpha value is 0.664. The predicted molar refractivity (Wildman–Crippen MR) is 109 cm³/mol. The lowest BCUT2D eigenvalue weighted by molar-refractivity contribution is 0.0607. The molecule has 0 spiro atoms. The Morgan fingerprint density at radius 1 is 0.783 bits per heavy atom. The molecule has 140 valence electrons. The maximum atomic E-state index is 6.18. The maximum Gasteiger partial charge on any atom is 0.501 e. The van der Waals surface area contributed by atoms with E-state index >= 15 is 0 Å². The Morgan fingerprint density at radius 2 is 1.17 bits per heavy atom. The number of rotatable bonds is 13. The highest BCUT2D eigenvalue weighted by molar-refractivity contribution is 8.29. The second kappa shape index (κ2) is 11.3. The van der Waals surface area contributed by atoms with Gasteiger partial charge in [0.1, 0.15) is 7.22 Å². The fourth-order valence-electron chi connectivity index (χ4n) is 1.76. The minimum absolute atomic E-state index is 0.403. The first-order valence-corrected chi connectivity index (χ1v) is 15.8. The van der Waals surface area contributed by atoms with E-state index in [0.29, 0.717) is 5.04 Å². The number of hydrogen-bond donors (Lipinski definition) is 0. The maximum absolute atomic E-state index is 6.18. The first kappa shape index (κ1) is 23.7. The molecule has 0 aromatic heterocycles. The van der Waals surface area contributed by atoms with Crippen LogP contribution in [0.5, 0.6) is 0 Å². The molecule has 0 aliphatic rings. The molecule has 0 unspecified atom stereocenters. The smallest absolute Gasteiger partial charge is 0.373 e. The lowest BCUT2D eigenvalue weighted by Gasteiger charge is -2.37. The van der Waals surface area contributed by atoms with Crippen LogP contribution in [0.4, 0.5) is 0 Å². The molecule has 0 radical (unpaired) electrons. The normalized spacial score (nSPS) is 13.6. The molecule has 0 atom stereocenters. The summed E-state index contributed by atoms with van der Waals surface area (Å²) >= 11 is 2.15. The van der Waals surface area contributed by atoms with E-state index in [1.807, 2.05) is 0 Å². The molecule has 0 aromatic rings. The van der Waals surface area contributed by atoms with Gasteiger partial charge in [0, 0.05) is 25.9 Å². The summed E-state index contributed by atoms with van der Waals surface area (Å²) in [5.74, 6) is 1.08. The molecule has 6 heteroatoms. The highest BCUT2D eigenvalue weighted by Gasteiger charge is 2.42. The molecule has 0 rings (SSSR count). The highest BCUT2D eigenvalue weighted by atomic mass is 32.4. The van der Waals surface area contributed by atoms with E-state index in [0.717, 1.165) is 50.9 Å².